The molecule has 11 nitrogen and oxygen atoms in total. The molecule has 3 aliphatic rings. The number of nitrogens with zero attached hydrogens (tertiary/aromatic N) is 5. The maximum absolute atomic E-state index is 12.1. The highest BCUT2D eigenvalue weighted by Gasteiger charge is 2.45. The Labute approximate surface area is 225 Å². The molecule has 11 heteroatoms. The number of amides is 2. The van der Waals surface area contributed by atoms with Gasteiger partial charge in [-0.25, -0.2) is 15.0 Å². The number of pyridine rings is 3. The smallest absolute Gasteiger partial charge is 0.252 e. The van der Waals surface area contributed by atoms with Crippen LogP contribution in [0.2, 0.25) is 0 Å². The Hall–Kier alpha value is -4.72. The van der Waals surface area contributed by atoms with E-state index in [-0.39, 0.29) is 23.9 Å². The lowest BCUT2D eigenvalue weighted by Crippen LogP contribution is -2.39. The maximum Gasteiger partial charge on any atom is 0.252 e. The second kappa shape index (κ2) is 10.2. The predicted molar refractivity (Wildman–Crippen MR) is 145 cm³/mol. The van der Waals surface area contributed by atoms with Crippen molar-refractivity contribution in [2.24, 2.45) is 11.7 Å². The van der Waals surface area contributed by atoms with Gasteiger partial charge in [-0.3, -0.25) is 9.59 Å². The SMILES string of the molecule is N#Cc1ccc(N2CCC(Nc3cc(Nc4ccc(C5C[C@H]6C[C@H]5NC6=O)cn4)ncc3C(N)=O)CC2)nc1. The number of hydrogen-bond donors (Lipinski definition) is 4. The number of aromatic nitrogens is 3. The van der Waals surface area contributed by atoms with Crippen molar-refractivity contribution in [3.8, 4) is 6.07 Å². The number of rotatable bonds is 7. The first-order valence-electron chi connectivity index (χ1n) is 13.2. The summed E-state index contributed by atoms with van der Waals surface area (Å²) in [5.74, 6) is 2.09. The third-order valence-corrected chi connectivity index (χ3v) is 7.96. The molecule has 3 aromatic rings. The molecule has 5 heterocycles. The molecule has 2 amide bonds. The fourth-order valence-electron chi connectivity index (χ4n) is 5.86. The summed E-state index contributed by atoms with van der Waals surface area (Å²) < 4.78 is 0. The van der Waals surface area contributed by atoms with Gasteiger partial charge in [0.25, 0.3) is 5.91 Å². The van der Waals surface area contributed by atoms with Crippen LogP contribution in [0.25, 0.3) is 0 Å². The number of primary amides is 1. The number of nitrogens with one attached hydrogen (secondary N) is 3. The zero-order chi connectivity index (χ0) is 26.9. The average Bonchev–Trinajstić information content (AvgIpc) is 3.54. The van der Waals surface area contributed by atoms with Crippen molar-refractivity contribution in [1.29, 1.82) is 5.26 Å². The Bertz CT molecular complexity index is 1430. The molecule has 0 aromatic carbocycles. The van der Waals surface area contributed by atoms with Crippen LogP contribution in [0.1, 0.15) is 53.1 Å². The fraction of sp³-hybridized carbons (Fsp3) is 0.357. The molecule has 3 aromatic heterocycles. The topological polar surface area (TPSA) is 162 Å². The van der Waals surface area contributed by atoms with Gasteiger partial charge in [0.1, 0.15) is 23.5 Å². The van der Waals surface area contributed by atoms with Crippen LogP contribution >= 0.6 is 0 Å². The molecule has 0 radical (unpaired) electrons. The van der Waals surface area contributed by atoms with Gasteiger partial charge in [0.05, 0.1) is 16.8 Å². The second-order valence-electron chi connectivity index (χ2n) is 10.4. The van der Waals surface area contributed by atoms with E-state index in [4.69, 9.17) is 11.0 Å². The molecule has 5 N–H and O–H groups in total. The van der Waals surface area contributed by atoms with Gasteiger partial charge in [0, 0.05) is 61.7 Å². The first-order chi connectivity index (χ1) is 19.0. The number of piperidine rings is 2. The summed E-state index contributed by atoms with van der Waals surface area (Å²) in [6, 6.07) is 11.8. The van der Waals surface area contributed by atoms with Gasteiger partial charge in [-0.15, -0.1) is 0 Å². The van der Waals surface area contributed by atoms with Crippen LogP contribution in [-0.2, 0) is 4.79 Å². The molecular weight excluding hydrogens is 494 g/mol. The average molecular weight is 524 g/mol. The van der Waals surface area contributed by atoms with E-state index in [0.717, 1.165) is 50.2 Å². The van der Waals surface area contributed by atoms with E-state index in [1.165, 1.54) is 6.20 Å². The van der Waals surface area contributed by atoms with Crippen LogP contribution in [0.5, 0.6) is 0 Å². The van der Waals surface area contributed by atoms with Crippen molar-refractivity contribution in [3.05, 3.63) is 65.6 Å². The molecule has 2 bridgehead atoms. The quantitative estimate of drug-likeness (QED) is 0.365. The van der Waals surface area contributed by atoms with Crippen molar-refractivity contribution in [3.63, 3.8) is 0 Å². The number of fused-ring (bicyclic) bond motifs is 2. The van der Waals surface area contributed by atoms with Crippen LogP contribution < -0.4 is 26.6 Å². The maximum atomic E-state index is 12.1. The molecule has 3 fully saturated rings. The van der Waals surface area contributed by atoms with Gasteiger partial charge in [-0.05, 0) is 49.4 Å². The molecular formula is C28H29N9O2. The summed E-state index contributed by atoms with van der Waals surface area (Å²) in [6.07, 6.45) is 8.39. The van der Waals surface area contributed by atoms with Gasteiger partial charge in [-0.1, -0.05) is 6.07 Å². The van der Waals surface area contributed by atoms with Gasteiger partial charge in [0.15, 0.2) is 0 Å². The lowest BCUT2D eigenvalue weighted by molar-refractivity contribution is -0.123. The molecule has 0 spiro atoms. The Morgan fingerprint density at radius 1 is 1.05 bits per heavy atom. The first-order valence-corrected chi connectivity index (χ1v) is 13.2. The van der Waals surface area contributed by atoms with Crippen molar-refractivity contribution in [2.75, 3.05) is 28.6 Å². The lowest BCUT2D eigenvalue weighted by Gasteiger charge is -2.34. The van der Waals surface area contributed by atoms with Crippen LogP contribution in [0.4, 0.5) is 23.1 Å². The highest BCUT2D eigenvalue weighted by molar-refractivity contribution is 5.98. The number of carbonyl (C=O) groups is 2. The van der Waals surface area contributed by atoms with E-state index in [9.17, 15) is 9.59 Å². The first kappa shape index (κ1) is 24.6. The van der Waals surface area contributed by atoms with Gasteiger partial charge >= 0.3 is 0 Å². The van der Waals surface area contributed by atoms with E-state index in [2.05, 4.69) is 41.9 Å². The van der Waals surface area contributed by atoms with Gasteiger partial charge in [0.2, 0.25) is 5.91 Å². The molecule has 1 aliphatic carbocycles. The van der Waals surface area contributed by atoms with Crippen LogP contribution in [-0.4, -0.2) is 51.9 Å². The minimum Gasteiger partial charge on any atom is -0.381 e. The zero-order valence-electron chi connectivity index (χ0n) is 21.3. The Morgan fingerprint density at radius 3 is 2.49 bits per heavy atom. The molecule has 1 unspecified atom stereocenters. The summed E-state index contributed by atoms with van der Waals surface area (Å²) in [5.41, 5.74) is 8.26. The lowest BCUT2D eigenvalue weighted by atomic mass is 9.92. The number of hydrogen-bond acceptors (Lipinski definition) is 9. The molecule has 39 heavy (non-hydrogen) atoms. The second-order valence-corrected chi connectivity index (χ2v) is 10.4. The van der Waals surface area contributed by atoms with Crippen molar-refractivity contribution in [2.45, 2.75) is 43.7 Å². The normalized spacial score (nSPS) is 22.3. The van der Waals surface area contributed by atoms with Crippen molar-refractivity contribution >= 4 is 35.0 Å². The largest absolute Gasteiger partial charge is 0.381 e. The third kappa shape index (κ3) is 5.05. The number of nitrogens with two attached hydrogens (primary N) is 1. The van der Waals surface area contributed by atoms with Crippen molar-refractivity contribution < 1.29 is 9.59 Å². The highest BCUT2D eigenvalue weighted by Crippen LogP contribution is 2.42. The fourth-order valence-corrected chi connectivity index (χ4v) is 5.86. The number of carbonyl (C=O) groups excluding carboxylic acids is 2. The zero-order valence-corrected chi connectivity index (χ0v) is 21.3. The Morgan fingerprint density at radius 2 is 1.87 bits per heavy atom. The standard InChI is InChI=1S/C28H29N9O2/c29-12-16-1-4-26(33-13-16)37-7-5-19(6-8-37)34-23-11-25(32-15-21(23)27(30)38)36-24-3-2-17(14-31-24)20-9-18-10-22(20)35-28(18)39/h1-4,11,13-15,18-20,22H,5-10H2,(H2,30,38)(H,35,39)(H2,31,32,34,36)/t18-,20?,22+/m0/s1. The Balaban J connectivity index is 1.10. The van der Waals surface area contributed by atoms with E-state index in [1.54, 1.807) is 18.3 Å². The molecule has 6 rings (SSSR count). The monoisotopic (exact) mass is 523 g/mol. The Kier molecular flexibility index (Phi) is 6.44. The minimum absolute atomic E-state index is 0.122. The third-order valence-electron chi connectivity index (χ3n) is 7.96. The molecule has 2 aliphatic heterocycles. The van der Waals surface area contributed by atoms with Crippen LogP contribution in [0.15, 0.2) is 48.9 Å². The molecule has 198 valence electrons. The van der Waals surface area contributed by atoms with Gasteiger partial charge < -0.3 is 26.6 Å². The highest BCUT2D eigenvalue weighted by atomic mass is 16.2. The van der Waals surface area contributed by atoms with E-state index in [1.807, 2.05) is 24.4 Å². The van der Waals surface area contributed by atoms with E-state index < -0.39 is 5.91 Å². The van der Waals surface area contributed by atoms with Crippen LogP contribution in [0.3, 0.4) is 0 Å². The number of anilines is 4. The molecule has 1 saturated carbocycles. The summed E-state index contributed by atoms with van der Waals surface area (Å²) in [4.78, 5) is 39.4. The van der Waals surface area contributed by atoms with Gasteiger partial charge in [-0.2, -0.15) is 5.26 Å². The van der Waals surface area contributed by atoms with E-state index >= 15 is 0 Å². The van der Waals surface area contributed by atoms with E-state index in [0.29, 0.717) is 34.4 Å². The summed E-state index contributed by atoms with van der Waals surface area (Å²) in [5, 5.41) is 18.8. The van der Waals surface area contributed by atoms with Crippen molar-refractivity contribution in [1.82, 2.24) is 20.3 Å². The minimum atomic E-state index is -0.545. The summed E-state index contributed by atoms with van der Waals surface area (Å²) >= 11 is 0. The molecule has 2 saturated heterocycles. The summed E-state index contributed by atoms with van der Waals surface area (Å²) in [7, 11) is 0. The van der Waals surface area contributed by atoms with Crippen LogP contribution in [0, 0.1) is 17.2 Å². The predicted octanol–water partition coefficient (Wildman–Crippen LogP) is 2.66. The molecule has 3 atom stereocenters. The summed E-state index contributed by atoms with van der Waals surface area (Å²) in [6.45, 7) is 1.59. The number of nitriles is 1.